The molecular formula is C23H18O3S. The summed E-state index contributed by atoms with van der Waals surface area (Å²) >= 11 is 1.49. The van der Waals surface area contributed by atoms with Crippen molar-refractivity contribution < 1.29 is 14.3 Å². The maximum absolute atomic E-state index is 13.4. The summed E-state index contributed by atoms with van der Waals surface area (Å²) in [6.07, 6.45) is 0. The maximum atomic E-state index is 13.4. The van der Waals surface area contributed by atoms with Crippen LogP contribution in [0.15, 0.2) is 72.8 Å². The molecule has 1 heterocycles. The van der Waals surface area contributed by atoms with E-state index < -0.39 is 0 Å². The SMILES string of the molecule is COc1cccc(C(=O)c2sc3cc(OC)ccc3c2-c2ccccc2)c1. The zero-order valence-electron chi connectivity index (χ0n) is 15.1. The van der Waals surface area contributed by atoms with Crippen molar-refractivity contribution in [2.45, 2.75) is 0 Å². The zero-order valence-corrected chi connectivity index (χ0v) is 15.9. The van der Waals surface area contributed by atoms with E-state index in [2.05, 4.69) is 0 Å². The van der Waals surface area contributed by atoms with E-state index in [0.717, 1.165) is 31.8 Å². The number of methoxy groups -OCH3 is 2. The summed E-state index contributed by atoms with van der Waals surface area (Å²) in [6, 6.07) is 23.2. The highest BCUT2D eigenvalue weighted by Crippen LogP contribution is 2.41. The van der Waals surface area contributed by atoms with E-state index in [1.807, 2.05) is 66.7 Å². The van der Waals surface area contributed by atoms with Crippen LogP contribution in [-0.4, -0.2) is 20.0 Å². The van der Waals surface area contributed by atoms with Gasteiger partial charge in [-0.25, -0.2) is 0 Å². The van der Waals surface area contributed by atoms with Gasteiger partial charge in [-0.3, -0.25) is 4.79 Å². The van der Waals surface area contributed by atoms with E-state index in [-0.39, 0.29) is 5.78 Å². The van der Waals surface area contributed by atoms with Gasteiger partial charge in [-0.1, -0.05) is 42.5 Å². The standard InChI is InChI=1S/C23H18O3S/c1-25-17-10-6-9-16(13-17)22(24)23-21(15-7-4-3-5-8-15)19-12-11-18(26-2)14-20(19)27-23/h3-14H,1-2H3. The summed E-state index contributed by atoms with van der Waals surface area (Å²) in [4.78, 5) is 14.1. The van der Waals surface area contributed by atoms with Gasteiger partial charge in [0.05, 0.1) is 19.1 Å². The number of ketones is 1. The van der Waals surface area contributed by atoms with Crippen molar-refractivity contribution >= 4 is 27.2 Å². The molecule has 0 saturated heterocycles. The number of fused-ring (bicyclic) bond motifs is 1. The van der Waals surface area contributed by atoms with Gasteiger partial charge in [0.15, 0.2) is 0 Å². The first-order chi connectivity index (χ1) is 13.2. The van der Waals surface area contributed by atoms with Gasteiger partial charge in [-0.15, -0.1) is 11.3 Å². The number of carbonyl (C=O) groups is 1. The van der Waals surface area contributed by atoms with Crippen LogP contribution in [-0.2, 0) is 0 Å². The molecule has 0 saturated carbocycles. The Morgan fingerprint density at radius 1 is 0.815 bits per heavy atom. The Balaban J connectivity index is 1.94. The van der Waals surface area contributed by atoms with Crippen molar-refractivity contribution in [3.63, 3.8) is 0 Å². The molecular weight excluding hydrogens is 356 g/mol. The van der Waals surface area contributed by atoms with Crippen LogP contribution >= 0.6 is 11.3 Å². The van der Waals surface area contributed by atoms with Gasteiger partial charge in [0.25, 0.3) is 0 Å². The Labute approximate surface area is 161 Å². The highest BCUT2D eigenvalue weighted by Gasteiger charge is 2.21. The first-order valence-corrected chi connectivity index (χ1v) is 9.37. The van der Waals surface area contributed by atoms with Crippen molar-refractivity contribution in [3.8, 4) is 22.6 Å². The molecule has 0 bridgehead atoms. The lowest BCUT2D eigenvalue weighted by molar-refractivity contribution is 0.104. The molecule has 4 heteroatoms. The van der Waals surface area contributed by atoms with Crippen molar-refractivity contribution in [1.29, 1.82) is 0 Å². The van der Waals surface area contributed by atoms with Crippen LogP contribution in [0.3, 0.4) is 0 Å². The Hall–Kier alpha value is -3.11. The molecule has 134 valence electrons. The zero-order chi connectivity index (χ0) is 18.8. The first-order valence-electron chi connectivity index (χ1n) is 8.56. The summed E-state index contributed by atoms with van der Waals surface area (Å²) in [5.41, 5.74) is 2.61. The molecule has 0 N–H and O–H groups in total. The van der Waals surface area contributed by atoms with Crippen LogP contribution < -0.4 is 9.47 Å². The molecule has 4 aromatic rings. The third-order valence-corrected chi connectivity index (χ3v) is 5.65. The molecule has 1 aromatic heterocycles. The maximum Gasteiger partial charge on any atom is 0.203 e. The minimum Gasteiger partial charge on any atom is -0.497 e. The van der Waals surface area contributed by atoms with E-state index in [1.165, 1.54) is 11.3 Å². The Morgan fingerprint density at radius 2 is 1.56 bits per heavy atom. The average Bonchev–Trinajstić information content (AvgIpc) is 3.12. The van der Waals surface area contributed by atoms with Crippen LogP contribution in [0, 0.1) is 0 Å². The molecule has 0 aliphatic carbocycles. The van der Waals surface area contributed by atoms with Crippen LogP contribution in [0.25, 0.3) is 21.2 Å². The largest absolute Gasteiger partial charge is 0.497 e. The summed E-state index contributed by atoms with van der Waals surface area (Å²) < 4.78 is 11.7. The number of hydrogen-bond acceptors (Lipinski definition) is 4. The lowest BCUT2D eigenvalue weighted by Gasteiger charge is -2.06. The Bertz CT molecular complexity index is 1110. The van der Waals surface area contributed by atoms with Crippen molar-refractivity contribution in [3.05, 3.63) is 83.2 Å². The number of hydrogen-bond donors (Lipinski definition) is 0. The second-order valence-electron chi connectivity index (χ2n) is 6.10. The number of benzene rings is 3. The summed E-state index contributed by atoms with van der Waals surface area (Å²) in [7, 11) is 3.25. The number of carbonyl (C=O) groups excluding carboxylic acids is 1. The Morgan fingerprint density at radius 3 is 2.30 bits per heavy atom. The third kappa shape index (κ3) is 3.20. The summed E-state index contributed by atoms with van der Waals surface area (Å²) in [5, 5.41) is 1.05. The highest BCUT2D eigenvalue weighted by atomic mass is 32.1. The lowest BCUT2D eigenvalue weighted by atomic mass is 9.98. The smallest absolute Gasteiger partial charge is 0.203 e. The van der Waals surface area contributed by atoms with E-state index in [4.69, 9.17) is 9.47 Å². The van der Waals surface area contributed by atoms with Gasteiger partial charge in [0.2, 0.25) is 5.78 Å². The van der Waals surface area contributed by atoms with Crippen molar-refractivity contribution in [2.75, 3.05) is 14.2 Å². The Kier molecular flexibility index (Phi) is 4.65. The quantitative estimate of drug-likeness (QED) is 0.413. The second kappa shape index (κ2) is 7.25. The van der Waals surface area contributed by atoms with Gasteiger partial charge in [-0.05, 0) is 35.9 Å². The molecule has 0 atom stereocenters. The fourth-order valence-electron chi connectivity index (χ4n) is 3.15. The number of rotatable bonds is 5. The topological polar surface area (TPSA) is 35.5 Å². The number of thiophene rings is 1. The van der Waals surface area contributed by atoms with E-state index in [0.29, 0.717) is 11.3 Å². The van der Waals surface area contributed by atoms with Gasteiger partial charge in [-0.2, -0.15) is 0 Å². The van der Waals surface area contributed by atoms with Gasteiger partial charge < -0.3 is 9.47 Å². The highest BCUT2D eigenvalue weighted by molar-refractivity contribution is 7.21. The fraction of sp³-hybridized carbons (Fsp3) is 0.0870. The molecule has 0 spiro atoms. The molecule has 4 rings (SSSR count). The predicted molar refractivity (Wildman–Crippen MR) is 110 cm³/mol. The lowest BCUT2D eigenvalue weighted by Crippen LogP contribution is -2.01. The molecule has 3 aromatic carbocycles. The van der Waals surface area contributed by atoms with Crippen LogP contribution in [0.5, 0.6) is 11.5 Å². The molecule has 3 nitrogen and oxygen atoms in total. The molecule has 0 unspecified atom stereocenters. The van der Waals surface area contributed by atoms with E-state index in [9.17, 15) is 4.79 Å². The van der Waals surface area contributed by atoms with Gasteiger partial charge in [0.1, 0.15) is 11.5 Å². The minimum absolute atomic E-state index is 0.00656. The van der Waals surface area contributed by atoms with E-state index in [1.54, 1.807) is 20.3 Å². The average molecular weight is 374 g/mol. The normalized spacial score (nSPS) is 10.7. The molecule has 0 amide bonds. The van der Waals surface area contributed by atoms with Crippen LogP contribution in [0.4, 0.5) is 0 Å². The van der Waals surface area contributed by atoms with Crippen LogP contribution in [0.1, 0.15) is 15.2 Å². The minimum atomic E-state index is -0.00656. The van der Waals surface area contributed by atoms with Crippen molar-refractivity contribution in [2.24, 2.45) is 0 Å². The fourth-order valence-corrected chi connectivity index (χ4v) is 4.37. The first kappa shape index (κ1) is 17.3. The number of ether oxygens (including phenoxy) is 2. The molecule has 27 heavy (non-hydrogen) atoms. The van der Waals surface area contributed by atoms with E-state index >= 15 is 0 Å². The molecule has 0 aliphatic heterocycles. The second-order valence-corrected chi connectivity index (χ2v) is 7.15. The summed E-state index contributed by atoms with van der Waals surface area (Å²) in [5.74, 6) is 1.45. The molecule has 0 aliphatic rings. The van der Waals surface area contributed by atoms with Gasteiger partial charge >= 0.3 is 0 Å². The van der Waals surface area contributed by atoms with Gasteiger partial charge in [0, 0.05) is 21.2 Å². The summed E-state index contributed by atoms with van der Waals surface area (Å²) in [6.45, 7) is 0. The third-order valence-electron chi connectivity index (χ3n) is 4.50. The monoisotopic (exact) mass is 374 g/mol. The molecule has 0 fully saturated rings. The molecule has 0 radical (unpaired) electrons. The predicted octanol–water partition coefficient (Wildman–Crippen LogP) is 5.82. The van der Waals surface area contributed by atoms with Crippen molar-refractivity contribution in [1.82, 2.24) is 0 Å². The van der Waals surface area contributed by atoms with Crippen LogP contribution in [0.2, 0.25) is 0 Å².